The number of rotatable bonds is 3. The van der Waals surface area contributed by atoms with Gasteiger partial charge in [-0.2, -0.15) is 0 Å². The summed E-state index contributed by atoms with van der Waals surface area (Å²) in [6.07, 6.45) is 0. The molecule has 0 spiro atoms. The molecule has 4 rings (SSSR count). The third kappa shape index (κ3) is 13.1. The number of carboxylic acid groups (broad SMARTS) is 3. The second kappa shape index (κ2) is 19.9. The molecular formula is C27H14Cl6O6Pb-3. The van der Waals surface area contributed by atoms with Crippen molar-refractivity contribution < 1.29 is 29.7 Å². The van der Waals surface area contributed by atoms with Crippen LogP contribution in [0.25, 0.3) is 0 Å². The maximum atomic E-state index is 10.4. The van der Waals surface area contributed by atoms with E-state index in [0.29, 0.717) is 0 Å². The van der Waals surface area contributed by atoms with E-state index in [1.807, 2.05) is 30.3 Å². The van der Waals surface area contributed by atoms with Gasteiger partial charge in [-0.1, -0.05) is 118 Å². The fraction of sp³-hybridized carbons (Fsp3) is 0. The van der Waals surface area contributed by atoms with Crippen molar-refractivity contribution in [1.82, 2.24) is 0 Å². The summed E-state index contributed by atoms with van der Waals surface area (Å²) in [7, 11) is 0. The number of aromatic carboxylic acids is 3. The van der Waals surface area contributed by atoms with Gasteiger partial charge in [0.25, 0.3) is 0 Å². The van der Waals surface area contributed by atoms with E-state index in [1.54, 1.807) is 18.2 Å². The van der Waals surface area contributed by atoms with Gasteiger partial charge in [-0.05, 0) is 42.5 Å². The average Bonchev–Trinajstić information content (AvgIpc) is 2.85. The normalized spacial score (nSPS) is 9.15. The first-order valence-corrected chi connectivity index (χ1v) is 12.5. The van der Waals surface area contributed by atoms with Crippen LogP contribution in [0.15, 0.2) is 84.9 Å². The number of benzene rings is 4. The van der Waals surface area contributed by atoms with Gasteiger partial charge < -0.3 is 29.7 Å². The van der Waals surface area contributed by atoms with E-state index in [-0.39, 0.29) is 74.1 Å². The van der Waals surface area contributed by atoms with Crippen molar-refractivity contribution in [3.8, 4) is 0 Å². The molecule has 0 aliphatic rings. The molecule has 4 aromatic carbocycles. The Bertz CT molecular complexity index is 1190. The summed E-state index contributed by atoms with van der Waals surface area (Å²) in [5.74, 6) is -4.08. The zero-order chi connectivity index (χ0) is 29.5. The van der Waals surface area contributed by atoms with E-state index >= 15 is 0 Å². The number of carboxylic acids is 3. The second-order valence-electron chi connectivity index (χ2n) is 6.73. The second-order valence-corrected chi connectivity index (χ2v) is 9.17. The summed E-state index contributed by atoms with van der Waals surface area (Å²) in [6.45, 7) is 0. The summed E-state index contributed by atoms with van der Waals surface area (Å²) in [5, 5.41) is 31.7. The Morgan fingerprint density at radius 3 is 0.775 bits per heavy atom. The van der Waals surface area contributed by atoms with E-state index in [9.17, 15) is 29.7 Å². The molecule has 0 aliphatic carbocycles. The maximum Gasteiger partial charge on any atom is 0.0745 e. The number of halogens is 6. The van der Waals surface area contributed by atoms with Crippen LogP contribution in [0.2, 0.25) is 30.1 Å². The molecule has 0 unspecified atom stereocenters. The fourth-order valence-electron chi connectivity index (χ4n) is 2.42. The minimum absolute atomic E-state index is 0. The van der Waals surface area contributed by atoms with Crippen LogP contribution in [0, 0.1) is 6.07 Å². The molecule has 0 bridgehead atoms. The average molecular weight is 854 g/mol. The number of carbonyl (C=O) groups is 3. The molecule has 5 radical (unpaired) electrons. The zero-order valence-corrected chi connectivity index (χ0v) is 28.2. The predicted molar refractivity (Wildman–Crippen MR) is 153 cm³/mol. The zero-order valence-electron chi connectivity index (χ0n) is 19.8. The molecule has 207 valence electrons. The quantitative estimate of drug-likeness (QED) is 0.263. The topological polar surface area (TPSA) is 120 Å². The molecule has 0 aromatic heterocycles. The Kier molecular flexibility index (Phi) is 18.9. The monoisotopic (exact) mass is 852 g/mol. The van der Waals surface area contributed by atoms with Crippen molar-refractivity contribution in [1.29, 1.82) is 0 Å². The van der Waals surface area contributed by atoms with Crippen molar-refractivity contribution in [3.05, 3.63) is 138 Å². The van der Waals surface area contributed by atoms with Crippen LogP contribution in [-0.4, -0.2) is 45.2 Å². The summed E-state index contributed by atoms with van der Waals surface area (Å²) in [5.41, 5.74) is -0.470. The fourth-order valence-corrected chi connectivity index (χ4v) is 4.08. The van der Waals surface area contributed by atoms with Gasteiger partial charge >= 0.3 is 0 Å². The summed E-state index contributed by atoms with van der Waals surface area (Å²) in [4.78, 5) is 31.1. The van der Waals surface area contributed by atoms with E-state index in [0.717, 1.165) is 0 Å². The van der Waals surface area contributed by atoms with Crippen molar-refractivity contribution >= 4 is 115 Å². The smallest absolute Gasteiger partial charge is 0.0745 e. The van der Waals surface area contributed by atoms with Gasteiger partial charge in [0.15, 0.2) is 0 Å². The molecule has 0 aliphatic heterocycles. The molecule has 0 fully saturated rings. The summed E-state index contributed by atoms with van der Waals surface area (Å²) >= 11 is 33.1. The standard InChI is InChI=1S/3C7H4Cl2O2.C6H5.Pb/c3*8-4-2-1-3-5(9)6(4)7(10)11;1-2-4-6-5-3-1;/h3*1-3H,(H,10,11);1-5H;/p-3. The van der Waals surface area contributed by atoms with Crippen LogP contribution in [-0.2, 0) is 0 Å². The Morgan fingerprint density at radius 1 is 0.450 bits per heavy atom. The summed E-state index contributed by atoms with van der Waals surface area (Å²) in [6, 6.07) is 25.9. The molecule has 13 heteroatoms. The first-order valence-electron chi connectivity index (χ1n) is 10.3. The Hall–Kier alpha value is -2.05. The van der Waals surface area contributed by atoms with Crippen molar-refractivity contribution in [2.45, 2.75) is 0 Å². The maximum absolute atomic E-state index is 10.4. The summed E-state index contributed by atoms with van der Waals surface area (Å²) < 4.78 is 0. The van der Waals surface area contributed by atoms with Gasteiger partial charge in [-0.25, -0.2) is 0 Å². The molecule has 6 nitrogen and oxygen atoms in total. The van der Waals surface area contributed by atoms with Gasteiger partial charge in [0.05, 0.1) is 48.0 Å². The van der Waals surface area contributed by atoms with Crippen molar-refractivity contribution in [2.24, 2.45) is 0 Å². The number of carbonyl (C=O) groups excluding carboxylic acids is 3. The molecule has 40 heavy (non-hydrogen) atoms. The third-order valence-corrected chi connectivity index (χ3v) is 6.00. The molecule has 0 amide bonds. The third-order valence-electron chi connectivity index (χ3n) is 4.11. The predicted octanol–water partition coefficient (Wildman–Crippen LogP) is 5.18. The molecule has 4 aromatic rings. The largest absolute Gasteiger partial charge is 0.545 e. The van der Waals surface area contributed by atoms with E-state index in [1.165, 1.54) is 36.4 Å². The van der Waals surface area contributed by atoms with Gasteiger partial charge in [0.2, 0.25) is 0 Å². The molecule has 0 saturated carbocycles. The van der Waals surface area contributed by atoms with E-state index in [4.69, 9.17) is 69.6 Å². The van der Waals surface area contributed by atoms with Crippen LogP contribution in [0.3, 0.4) is 0 Å². The molecular weight excluding hydrogens is 840 g/mol. The van der Waals surface area contributed by atoms with Crippen LogP contribution in [0.4, 0.5) is 0 Å². The van der Waals surface area contributed by atoms with Gasteiger partial charge in [-0.3, -0.25) is 0 Å². The molecule has 0 atom stereocenters. The first-order chi connectivity index (χ1) is 18.4. The van der Waals surface area contributed by atoms with Gasteiger partial charge in [0, 0.05) is 44.0 Å². The van der Waals surface area contributed by atoms with Gasteiger partial charge in [-0.15, -0.1) is 0 Å². The van der Waals surface area contributed by atoms with Crippen LogP contribution in [0.1, 0.15) is 31.1 Å². The van der Waals surface area contributed by atoms with E-state index in [2.05, 4.69) is 6.07 Å². The van der Waals surface area contributed by atoms with Crippen molar-refractivity contribution in [3.63, 3.8) is 0 Å². The minimum atomic E-state index is -1.36. The Labute approximate surface area is 280 Å². The van der Waals surface area contributed by atoms with Crippen LogP contribution in [0.5, 0.6) is 0 Å². The Morgan fingerprint density at radius 2 is 0.675 bits per heavy atom. The Balaban J connectivity index is 0.000000513. The SMILES string of the molecule is O=C([O-])c1c(Cl)cccc1Cl.O=C([O-])c1c(Cl)cccc1Cl.O=C([O-])c1c(Cl)cccc1Cl.[Pb].[c]1ccccc1. The van der Waals surface area contributed by atoms with E-state index < -0.39 is 17.9 Å². The molecule has 0 saturated heterocycles. The number of hydrogen-bond donors (Lipinski definition) is 0. The van der Waals surface area contributed by atoms with Crippen molar-refractivity contribution in [2.75, 3.05) is 0 Å². The van der Waals surface area contributed by atoms with Crippen LogP contribution < -0.4 is 15.3 Å². The molecule has 0 heterocycles. The number of hydrogen-bond acceptors (Lipinski definition) is 6. The molecule has 0 N–H and O–H groups in total. The van der Waals surface area contributed by atoms with Crippen LogP contribution >= 0.6 is 69.6 Å². The minimum Gasteiger partial charge on any atom is -0.545 e. The first kappa shape index (κ1) is 38.0. The van der Waals surface area contributed by atoms with Gasteiger partial charge in [0.1, 0.15) is 0 Å².